The van der Waals surface area contributed by atoms with Crippen LogP contribution < -0.4 is 5.73 Å². The zero-order chi connectivity index (χ0) is 18.3. The number of rotatable bonds is 3. The first kappa shape index (κ1) is 19.7. The molecule has 3 nitrogen and oxygen atoms in total. The maximum Gasteiger partial charge on any atom is 0.433 e. The van der Waals surface area contributed by atoms with Gasteiger partial charge in [-0.05, 0) is 29.7 Å². The lowest BCUT2D eigenvalue weighted by Gasteiger charge is -2.10. The van der Waals surface area contributed by atoms with E-state index in [1.54, 1.807) is 19.1 Å². The van der Waals surface area contributed by atoms with Crippen LogP contribution in [0.5, 0.6) is 0 Å². The van der Waals surface area contributed by atoms with Crippen molar-refractivity contribution >= 4 is 5.91 Å². The van der Waals surface area contributed by atoms with Gasteiger partial charge in [0, 0.05) is 12.0 Å². The van der Waals surface area contributed by atoms with Crippen LogP contribution in [-0.4, -0.2) is 10.9 Å². The Morgan fingerprint density at radius 1 is 1.17 bits per heavy atom. The normalized spacial score (nSPS) is 11.0. The molecule has 24 heavy (non-hydrogen) atoms. The fourth-order valence-corrected chi connectivity index (χ4v) is 1.81. The van der Waals surface area contributed by atoms with Gasteiger partial charge in [0.15, 0.2) is 0 Å². The Labute approximate surface area is 139 Å². The Kier molecular flexibility index (Phi) is 6.95. The minimum absolute atomic E-state index is 0.245. The van der Waals surface area contributed by atoms with Crippen LogP contribution in [0.2, 0.25) is 0 Å². The van der Waals surface area contributed by atoms with Gasteiger partial charge in [-0.25, -0.2) is 4.98 Å². The van der Waals surface area contributed by atoms with E-state index < -0.39 is 11.9 Å². The first-order valence-electron chi connectivity index (χ1n) is 7.58. The van der Waals surface area contributed by atoms with Crippen LogP contribution in [0.4, 0.5) is 13.2 Å². The maximum absolute atomic E-state index is 12.6. The van der Waals surface area contributed by atoms with Crippen LogP contribution >= 0.6 is 0 Å². The molecule has 0 aliphatic carbocycles. The summed E-state index contributed by atoms with van der Waals surface area (Å²) >= 11 is 0. The van der Waals surface area contributed by atoms with Gasteiger partial charge in [-0.1, -0.05) is 45.0 Å². The highest BCUT2D eigenvalue weighted by Gasteiger charge is 2.32. The molecule has 1 aromatic carbocycles. The van der Waals surface area contributed by atoms with Gasteiger partial charge < -0.3 is 5.73 Å². The summed E-state index contributed by atoms with van der Waals surface area (Å²) < 4.78 is 37.9. The third-order valence-corrected chi connectivity index (χ3v) is 3.24. The smallest absolute Gasteiger partial charge is 0.370 e. The van der Waals surface area contributed by atoms with Crippen molar-refractivity contribution in [3.63, 3.8) is 0 Å². The number of amides is 1. The van der Waals surface area contributed by atoms with Gasteiger partial charge in [0.25, 0.3) is 0 Å². The average Bonchev–Trinajstić information content (AvgIpc) is 2.55. The number of halogens is 3. The molecular weight excluding hydrogens is 317 g/mol. The molecular formula is C18H21F3N2O. The molecule has 2 N–H and O–H groups in total. The van der Waals surface area contributed by atoms with E-state index in [0.717, 1.165) is 11.6 Å². The number of carbonyl (C=O) groups excluding carboxylic acids is 1. The van der Waals surface area contributed by atoms with Crippen molar-refractivity contribution in [2.45, 2.75) is 39.3 Å². The van der Waals surface area contributed by atoms with E-state index in [1.165, 1.54) is 6.07 Å². The van der Waals surface area contributed by atoms with Crippen molar-refractivity contribution in [3.05, 3.63) is 53.7 Å². The quantitative estimate of drug-likeness (QED) is 0.876. The molecule has 0 bridgehead atoms. The van der Waals surface area contributed by atoms with E-state index in [0.29, 0.717) is 23.6 Å². The largest absolute Gasteiger partial charge is 0.433 e. The summed E-state index contributed by atoms with van der Waals surface area (Å²) in [5.41, 5.74) is 5.92. The van der Waals surface area contributed by atoms with Crippen molar-refractivity contribution in [3.8, 4) is 11.3 Å². The summed E-state index contributed by atoms with van der Waals surface area (Å²) in [6.07, 6.45) is -3.97. The number of nitrogens with zero attached hydrogens (tertiary/aromatic N) is 1. The van der Waals surface area contributed by atoms with E-state index in [-0.39, 0.29) is 5.91 Å². The minimum atomic E-state index is -4.41. The Morgan fingerprint density at radius 3 is 2.25 bits per heavy atom. The Morgan fingerprint density at radius 2 is 1.75 bits per heavy atom. The lowest BCUT2D eigenvalue weighted by molar-refractivity contribution is -0.141. The van der Waals surface area contributed by atoms with Crippen LogP contribution in [-0.2, 0) is 11.0 Å². The van der Waals surface area contributed by atoms with Crippen LogP contribution in [0.25, 0.3) is 11.3 Å². The second kappa shape index (κ2) is 8.47. The van der Waals surface area contributed by atoms with E-state index in [9.17, 15) is 18.0 Å². The predicted molar refractivity (Wildman–Crippen MR) is 88.2 cm³/mol. The summed E-state index contributed by atoms with van der Waals surface area (Å²) in [5, 5.41) is 0. The molecule has 1 amide bonds. The molecule has 0 saturated heterocycles. The van der Waals surface area contributed by atoms with Crippen LogP contribution in [0.1, 0.15) is 44.4 Å². The molecule has 0 fully saturated rings. The molecule has 130 valence electrons. The van der Waals surface area contributed by atoms with Gasteiger partial charge in [0.1, 0.15) is 5.69 Å². The number of primary amides is 1. The first-order chi connectivity index (χ1) is 11.1. The highest BCUT2D eigenvalue weighted by atomic mass is 19.4. The standard InChI is InChI=1S/C15H14F3N.C3H7NO/c1-10(2)11-5-3-6-12(9-11)13-7-4-8-14(19-13)15(16,17)18;1-2-3(4)5/h3-10H,1-2H3;2H2,1H3,(H2,4,5). The molecule has 0 aliphatic heterocycles. The van der Waals surface area contributed by atoms with Crippen LogP contribution in [0.15, 0.2) is 42.5 Å². The number of hydrogen-bond donors (Lipinski definition) is 1. The second-order valence-corrected chi connectivity index (χ2v) is 5.51. The lowest BCUT2D eigenvalue weighted by Crippen LogP contribution is -2.08. The topological polar surface area (TPSA) is 56.0 Å². The lowest BCUT2D eigenvalue weighted by atomic mass is 9.99. The van der Waals surface area contributed by atoms with Gasteiger partial charge in [-0.3, -0.25) is 4.79 Å². The highest BCUT2D eigenvalue weighted by Crippen LogP contribution is 2.30. The molecule has 6 heteroatoms. The highest BCUT2D eigenvalue weighted by molar-refractivity contribution is 5.73. The van der Waals surface area contributed by atoms with Gasteiger partial charge in [0.2, 0.25) is 5.91 Å². The van der Waals surface area contributed by atoms with E-state index in [4.69, 9.17) is 0 Å². The van der Waals surface area contributed by atoms with Gasteiger partial charge in [-0.15, -0.1) is 0 Å². The summed E-state index contributed by atoms with van der Waals surface area (Å²) in [4.78, 5) is 13.3. The van der Waals surface area contributed by atoms with Crippen molar-refractivity contribution in [1.82, 2.24) is 4.98 Å². The Bertz CT molecular complexity index is 682. The maximum atomic E-state index is 12.6. The molecule has 0 atom stereocenters. The van der Waals surface area contributed by atoms with E-state index in [1.807, 2.05) is 32.0 Å². The average molecular weight is 338 g/mol. The minimum Gasteiger partial charge on any atom is -0.370 e. The number of alkyl halides is 3. The number of carbonyl (C=O) groups is 1. The number of benzene rings is 1. The number of nitrogens with two attached hydrogens (primary N) is 1. The zero-order valence-electron chi connectivity index (χ0n) is 13.9. The molecule has 0 spiro atoms. The molecule has 0 saturated carbocycles. The molecule has 0 radical (unpaired) electrons. The fourth-order valence-electron chi connectivity index (χ4n) is 1.81. The van der Waals surface area contributed by atoms with Gasteiger partial charge >= 0.3 is 6.18 Å². The van der Waals surface area contributed by atoms with Gasteiger partial charge in [0.05, 0.1) is 5.69 Å². The Hall–Kier alpha value is -2.37. The first-order valence-corrected chi connectivity index (χ1v) is 7.58. The van der Waals surface area contributed by atoms with Crippen molar-refractivity contribution in [2.24, 2.45) is 5.73 Å². The molecule has 0 aliphatic rings. The van der Waals surface area contributed by atoms with Crippen molar-refractivity contribution < 1.29 is 18.0 Å². The SMILES string of the molecule is CC(C)c1cccc(-c2cccc(C(F)(F)F)n2)c1.CCC(N)=O. The number of pyridine rings is 1. The third kappa shape index (κ3) is 6.02. The summed E-state index contributed by atoms with van der Waals surface area (Å²) in [6, 6.07) is 11.4. The van der Waals surface area contributed by atoms with Crippen molar-refractivity contribution in [1.29, 1.82) is 0 Å². The van der Waals surface area contributed by atoms with Crippen LogP contribution in [0.3, 0.4) is 0 Å². The number of aromatic nitrogens is 1. The van der Waals surface area contributed by atoms with Crippen LogP contribution in [0, 0.1) is 0 Å². The number of hydrogen-bond acceptors (Lipinski definition) is 2. The molecule has 0 unspecified atom stereocenters. The monoisotopic (exact) mass is 338 g/mol. The summed E-state index contributed by atoms with van der Waals surface area (Å²) in [7, 11) is 0. The summed E-state index contributed by atoms with van der Waals surface area (Å²) in [6.45, 7) is 5.81. The predicted octanol–water partition coefficient (Wildman–Crippen LogP) is 4.77. The van der Waals surface area contributed by atoms with E-state index >= 15 is 0 Å². The Balaban J connectivity index is 0.000000505. The third-order valence-electron chi connectivity index (χ3n) is 3.24. The zero-order valence-corrected chi connectivity index (χ0v) is 13.9. The van der Waals surface area contributed by atoms with Gasteiger partial charge in [-0.2, -0.15) is 13.2 Å². The fraction of sp³-hybridized carbons (Fsp3) is 0.333. The molecule has 2 aromatic rings. The molecule has 1 heterocycles. The summed E-state index contributed by atoms with van der Waals surface area (Å²) in [5.74, 6) is 0.0794. The molecule has 1 aromatic heterocycles. The second-order valence-electron chi connectivity index (χ2n) is 5.51. The van der Waals surface area contributed by atoms with E-state index in [2.05, 4.69) is 10.7 Å². The molecule has 2 rings (SSSR count). The van der Waals surface area contributed by atoms with Crippen molar-refractivity contribution in [2.75, 3.05) is 0 Å².